The van der Waals surface area contributed by atoms with Crippen LogP contribution < -0.4 is 14.8 Å². The van der Waals surface area contributed by atoms with Gasteiger partial charge in [-0.15, -0.1) is 0 Å². The summed E-state index contributed by atoms with van der Waals surface area (Å²) in [4.78, 5) is 12.0. The summed E-state index contributed by atoms with van der Waals surface area (Å²) >= 11 is 6.08. The largest absolute Gasteiger partial charge is 0.454 e. The summed E-state index contributed by atoms with van der Waals surface area (Å²) in [5, 5.41) is 3.12. The van der Waals surface area contributed by atoms with Crippen LogP contribution in [0.5, 0.6) is 11.5 Å². The van der Waals surface area contributed by atoms with Gasteiger partial charge in [0.05, 0.1) is 5.02 Å². The predicted molar refractivity (Wildman–Crippen MR) is 86.4 cm³/mol. The van der Waals surface area contributed by atoms with Crippen LogP contribution in [0.2, 0.25) is 5.02 Å². The molecule has 0 unspecified atom stereocenters. The molecule has 0 spiro atoms. The first-order valence-corrected chi connectivity index (χ1v) is 7.25. The molecule has 0 radical (unpaired) electrons. The monoisotopic (exact) mass is 333 g/mol. The van der Waals surface area contributed by atoms with Gasteiger partial charge >= 0.3 is 0 Å². The van der Waals surface area contributed by atoms with E-state index >= 15 is 0 Å². The number of ether oxygens (including phenoxy) is 2. The van der Waals surface area contributed by atoms with Gasteiger partial charge in [-0.1, -0.05) is 11.6 Å². The van der Waals surface area contributed by atoms with Crippen molar-refractivity contribution in [2.45, 2.75) is 6.92 Å². The Bertz CT molecular complexity index is 805. The molecule has 1 aliphatic heterocycles. The Morgan fingerprint density at radius 1 is 1.30 bits per heavy atom. The van der Waals surface area contributed by atoms with Crippen molar-refractivity contribution in [3.8, 4) is 11.5 Å². The number of halogens is 2. The van der Waals surface area contributed by atoms with Crippen molar-refractivity contribution >= 4 is 29.3 Å². The zero-order valence-corrected chi connectivity index (χ0v) is 13.0. The Kier molecular flexibility index (Phi) is 4.21. The first kappa shape index (κ1) is 15.4. The maximum atomic E-state index is 13.0. The number of hydrogen-bond donors (Lipinski definition) is 1. The van der Waals surface area contributed by atoms with Gasteiger partial charge in [-0.05, 0) is 54.5 Å². The summed E-state index contributed by atoms with van der Waals surface area (Å²) in [5.41, 5.74) is 1.92. The van der Waals surface area contributed by atoms with Gasteiger partial charge in [0.2, 0.25) is 12.7 Å². The molecular formula is C17H13ClFNO3. The summed E-state index contributed by atoms with van der Waals surface area (Å²) in [6.07, 6.45) is 2.98. The van der Waals surface area contributed by atoms with E-state index in [1.165, 1.54) is 24.3 Å². The first-order valence-electron chi connectivity index (χ1n) is 6.87. The maximum absolute atomic E-state index is 13.0. The zero-order chi connectivity index (χ0) is 16.4. The highest BCUT2D eigenvalue weighted by Crippen LogP contribution is 2.40. The number of anilines is 1. The van der Waals surface area contributed by atoms with Gasteiger partial charge in [0, 0.05) is 11.8 Å². The molecule has 2 aromatic rings. The van der Waals surface area contributed by atoms with Gasteiger partial charge in [0.25, 0.3) is 0 Å². The van der Waals surface area contributed by atoms with Crippen LogP contribution in [0, 0.1) is 12.7 Å². The minimum Gasteiger partial charge on any atom is -0.454 e. The van der Waals surface area contributed by atoms with Crippen molar-refractivity contribution in [1.82, 2.24) is 0 Å². The van der Waals surface area contributed by atoms with Crippen LogP contribution in [0.25, 0.3) is 6.08 Å². The van der Waals surface area contributed by atoms with E-state index in [2.05, 4.69) is 5.32 Å². The molecular weight excluding hydrogens is 321 g/mol. The number of amides is 1. The van der Waals surface area contributed by atoms with Crippen molar-refractivity contribution in [2.75, 3.05) is 12.1 Å². The quantitative estimate of drug-likeness (QED) is 0.858. The SMILES string of the molecule is Cc1cc(F)ccc1NC(=O)/C=C/c1cc(Cl)c2c(c1)OCO2. The van der Waals surface area contributed by atoms with Gasteiger partial charge in [0.15, 0.2) is 11.5 Å². The highest BCUT2D eigenvalue weighted by Gasteiger charge is 2.17. The molecule has 4 nitrogen and oxygen atoms in total. The van der Waals surface area contributed by atoms with Gasteiger partial charge in [-0.2, -0.15) is 0 Å². The molecule has 6 heteroatoms. The Labute approximate surface area is 137 Å². The molecule has 0 saturated carbocycles. The summed E-state index contributed by atoms with van der Waals surface area (Å²) < 4.78 is 23.5. The Morgan fingerprint density at radius 3 is 2.91 bits per heavy atom. The van der Waals surface area contributed by atoms with Crippen molar-refractivity contribution in [3.63, 3.8) is 0 Å². The number of carbonyl (C=O) groups is 1. The molecule has 3 rings (SSSR count). The molecule has 1 aliphatic rings. The lowest BCUT2D eigenvalue weighted by Crippen LogP contribution is -2.09. The van der Waals surface area contributed by atoms with Crippen LogP contribution in [0.15, 0.2) is 36.4 Å². The molecule has 1 heterocycles. The lowest BCUT2D eigenvalue weighted by molar-refractivity contribution is -0.111. The van der Waals surface area contributed by atoms with Crippen LogP contribution in [0.1, 0.15) is 11.1 Å². The van der Waals surface area contributed by atoms with Crippen LogP contribution in [0.4, 0.5) is 10.1 Å². The standard InChI is InChI=1S/C17H13ClFNO3/c1-10-6-12(19)3-4-14(10)20-16(21)5-2-11-7-13(18)17-15(8-11)22-9-23-17/h2-8H,9H2,1H3,(H,20,21)/b5-2+. The van der Waals surface area contributed by atoms with E-state index in [0.717, 1.165) is 0 Å². The highest BCUT2D eigenvalue weighted by atomic mass is 35.5. The number of aryl methyl sites for hydroxylation is 1. The van der Waals surface area contributed by atoms with E-state index in [-0.39, 0.29) is 18.5 Å². The Hall–Kier alpha value is -2.53. The highest BCUT2D eigenvalue weighted by molar-refractivity contribution is 6.32. The number of benzene rings is 2. The summed E-state index contributed by atoms with van der Waals surface area (Å²) in [5.74, 6) is 0.390. The van der Waals surface area contributed by atoms with Gasteiger partial charge in [-0.25, -0.2) is 4.39 Å². The molecule has 1 amide bonds. The summed E-state index contributed by atoms with van der Waals surface area (Å²) in [6, 6.07) is 7.60. The van der Waals surface area contributed by atoms with Crippen LogP contribution in [-0.4, -0.2) is 12.7 Å². The van der Waals surface area contributed by atoms with Gasteiger partial charge < -0.3 is 14.8 Å². The summed E-state index contributed by atoms with van der Waals surface area (Å²) in [6.45, 7) is 1.85. The van der Waals surface area contributed by atoms with Crippen molar-refractivity contribution in [1.29, 1.82) is 0 Å². The van der Waals surface area contributed by atoms with Crippen LogP contribution >= 0.6 is 11.6 Å². The molecule has 0 saturated heterocycles. The molecule has 0 aliphatic carbocycles. The molecule has 118 valence electrons. The molecule has 0 bridgehead atoms. The summed E-state index contributed by atoms with van der Waals surface area (Å²) in [7, 11) is 0. The number of carbonyl (C=O) groups excluding carboxylic acids is 1. The third kappa shape index (κ3) is 3.46. The molecule has 0 aromatic heterocycles. The Balaban J connectivity index is 1.72. The third-order valence-electron chi connectivity index (χ3n) is 3.32. The minimum atomic E-state index is -0.342. The van der Waals surface area contributed by atoms with Gasteiger partial charge in [0.1, 0.15) is 5.82 Å². The van der Waals surface area contributed by atoms with E-state index in [4.69, 9.17) is 21.1 Å². The van der Waals surface area contributed by atoms with Crippen molar-refractivity contribution in [2.24, 2.45) is 0 Å². The molecule has 2 aromatic carbocycles. The van der Waals surface area contributed by atoms with Crippen molar-refractivity contribution in [3.05, 3.63) is 58.4 Å². The zero-order valence-electron chi connectivity index (χ0n) is 12.2. The van der Waals surface area contributed by atoms with E-state index in [9.17, 15) is 9.18 Å². The number of rotatable bonds is 3. The number of nitrogens with one attached hydrogen (secondary N) is 1. The van der Waals surface area contributed by atoms with E-state index in [0.29, 0.717) is 33.3 Å². The number of fused-ring (bicyclic) bond motifs is 1. The van der Waals surface area contributed by atoms with E-state index < -0.39 is 0 Å². The smallest absolute Gasteiger partial charge is 0.248 e. The lowest BCUT2D eigenvalue weighted by Gasteiger charge is -2.06. The fraction of sp³-hybridized carbons (Fsp3) is 0.118. The fourth-order valence-electron chi connectivity index (χ4n) is 2.20. The normalized spacial score (nSPS) is 12.7. The molecule has 0 fully saturated rings. The average Bonchev–Trinajstić information content (AvgIpc) is 2.97. The second-order valence-electron chi connectivity index (χ2n) is 5.02. The van der Waals surface area contributed by atoms with Crippen molar-refractivity contribution < 1.29 is 18.7 Å². The van der Waals surface area contributed by atoms with E-state index in [1.54, 1.807) is 25.1 Å². The third-order valence-corrected chi connectivity index (χ3v) is 3.60. The minimum absolute atomic E-state index is 0.131. The van der Waals surface area contributed by atoms with Crippen LogP contribution in [0.3, 0.4) is 0 Å². The fourth-order valence-corrected chi connectivity index (χ4v) is 2.47. The average molecular weight is 334 g/mol. The molecule has 1 N–H and O–H groups in total. The lowest BCUT2D eigenvalue weighted by atomic mass is 10.1. The topological polar surface area (TPSA) is 47.6 Å². The predicted octanol–water partition coefficient (Wildman–Crippen LogP) is 4.17. The Morgan fingerprint density at radius 2 is 2.13 bits per heavy atom. The first-order chi connectivity index (χ1) is 11.0. The second-order valence-corrected chi connectivity index (χ2v) is 5.43. The van der Waals surface area contributed by atoms with Gasteiger partial charge in [-0.3, -0.25) is 4.79 Å². The molecule has 0 atom stereocenters. The molecule has 23 heavy (non-hydrogen) atoms. The second kappa shape index (κ2) is 6.30. The van der Waals surface area contributed by atoms with Crippen LogP contribution in [-0.2, 0) is 4.79 Å². The maximum Gasteiger partial charge on any atom is 0.248 e. The van der Waals surface area contributed by atoms with E-state index in [1.807, 2.05) is 0 Å². The number of hydrogen-bond acceptors (Lipinski definition) is 3.